The summed E-state index contributed by atoms with van der Waals surface area (Å²) in [5.41, 5.74) is 5.89. The van der Waals surface area contributed by atoms with E-state index in [4.69, 9.17) is 10.5 Å². The summed E-state index contributed by atoms with van der Waals surface area (Å²) < 4.78 is 47.2. The standard InChI is InChI=1S/C30H51F3N6O2.C2H6/c1-6-9-11-15-25(14-8-3)37-21-23(4)28(34)38-24(5)36-22-26(30(31,32)33)27(16-10-7-2)35-17-12-18-39-19-13-20-41-29(39)40;1-2/h16,21-22,25,35,37H,6-15,17-20H2,1-5H3,(H2,34,36,38);1-2H3/b23-21-,26-22+,27-16-;. The molecule has 1 aliphatic rings. The second-order valence-corrected chi connectivity index (χ2v) is 10.3. The lowest BCUT2D eigenvalue weighted by molar-refractivity contribution is -0.0900. The molecule has 0 aliphatic carbocycles. The molecule has 1 heterocycles. The van der Waals surface area contributed by atoms with Crippen LogP contribution in [-0.2, 0) is 4.74 Å². The third-order valence-electron chi connectivity index (χ3n) is 6.60. The molecule has 1 unspecified atom stereocenters. The van der Waals surface area contributed by atoms with E-state index in [1.54, 1.807) is 4.90 Å². The molecule has 11 heteroatoms. The Labute approximate surface area is 258 Å². The third kappa shape index (κ3) is 17.7. The molecule has 0 aromatic carbocycles. The van der Waals surface area contributed by atoms with Gasteiger partial charge >= 0.3 is 12.3 Å². The Morgan fingerprint density at radius 2 is 1.81 bits per heavy atom. The van der Waals surface area contributed by atoms with Crippen molar-refractivity contribution in [2.24, 2.45) is 15.7 Å². The van der Waals surface area contributed by atoms with Gasteiger partial charge in [0, 0.05) is 49.3 Å². The van der Waals surface area contributed by atoms with Gasteiger partial charge in [0.05, 0.1) is 12.2 Å². The highest BCUT2D eigenvalue weighted by atomic mass is 19.4. The molecule has 0 aromatic rings. The first kappa shape index (κ1) is 40.0. The van der Waals surface area contributed by atoms with E-state index in [2.05, 4.69) is 34.5 Å². The number of ether oxygens (including phenoxy) is 1. The van der Waals surface area contributed by atoms with Crippen molar-refractivity contribution < 1.29 is 22.7 Å². The van der Waals surface area contributed by atoms with Gasteiger partial charge in [0.15, 0.2) is 0 Å². The first-order valence-electron chi connectivity index (χ1n) is 16.0. The first-order chi connectivity index (χ1) is 20.5. The number of nitrogens with zero attached hydrogens (tertiary/aromatic N) is 3. The maximum Gasteiger partial charge on any atom is 0.419 e. The molecule has 248 valence electrons. The van der Waals surface area contributed by atoms with Gasteiger partial charge in [-0.2, -0.15) is 13.2 Å². The number of hydrogen-bond donors (Lipinski definition) is 3. The van der Waals surface area contributed by atoms with Gasteiger partial charge in [-0.05, 0) is 46.0 Å². The number of aliphatic imine (C=N–C) groups is 2. The van der Waals surface area contributed by atoms with Crippen molar-refractivity contribution in [3.05, 3.63) is 35.3 Å². The molecule has 1 rings (SSSR count). The first-order valence-corrected chi connectivity index (χ1v) is 16.0. The van der Waals surface area contributed by atoms with Crippen LogP contribution in [0, 0.1) is 0 Å². The number of amidine groups is 2. The van der Waals surface area contributed by atoms with Gasteiger partial charge in [0.2, 0.25) is 0 Å². The molecule has 0 radical (unpaired) electrons. The highest BCUT2D eigenvalue weighted by Crippen LogP contribution is 2.30. The lowest BCUT2D eigenvalue weighted by atomic mass is 10.0. The van der Waals surface area contributed by atoms with Crippen molar-refractivity contribution in [3.8, 4) is 0 Å². The van der Waals surface area contributed by atoms with Crippen LogP contribution in [0.1, 0.15) is 113 Å². The average Bonchev–Trinajstić information content (AvgIpc) is 2.97. The van der Waals surface area contributed by atoms with Crippen LogP contribution in [0.2, 0.25) is 0 Å². The number of nitrogens with one attached hydrogen (secondary N) is 2. The molecule has 1 saturated heterocycles. The van der Waals surface area contributed by atoms with Crippen LogP contribution < -0.4 is 16.4 Å². The predicted octanol–water partition coefficient (Wildman–Crippen LogP) is 7.98. The number of rotatable bonds is 18. The number of amides is 1. The zero-order chi connectivity index (χ0) is 32.7. The Balaban J connectivity index is 0.00000862. The zero-order valence-corrected chi connectivity index (χ0v) is 27.6. The van der Waals surface area contributed by atoms with Crippen LogP contribution >= 0.6 is 0 Å². The van der Waals surface area contributed by atoms with Crippen molar-refractivity contribution in [1.82, 2.24) is 15.5 Å². The third-order valence-corrected chi connectivity index (χ3v) is 6.60. The Morgan fingerprint density at radius 1 is 1.09 bits per heavy atom. The monoisotopic (exact) mass is 614 g/mol. The average molecular weight is 615 g/mol. The minimum atomic E-state index is -4.63. The maximum atomic E-state index is 14.1. The SMILES string of the molecule is CC.CCC/C=C(NCCCN1CCCOC1=O)/C(=C\N=C(C)N=C(N)/C(C)=C\NC(CCC)CCCCC)C(F)(F)F. The largest absolute Gasteiger partial charge is 0.449 e. The van der Waals surface area contributed by atoms with Crippen molar-refractivity contribution in [1.29, 1.82) is 0 Å². The molecule has 43 heavy (non-hydrogen) atoms. The predicted molar refractivity (Wildman–Crippen MR) is 173 cm³/mol. The second kappa shape index (κ2) is 23.5. The molecule has 1 fully saturated rings. The summed E-state index contributed by atoms with van der Waals surface area (Å²) in [6.45, 7) is 15.2. The number of unbranched alkanes of at least 4 members (excludes halogenated alkanes) is 3. The Hall–Kier alpha value is -2.98. The van der Waals surface area contributed by atoms with Crippen molar-refractivity contribution in [2.75, 3.05) is 26.2 Å². The smallest absolute Gasteiger partial charge is 0.419 e. The summed E-state index contributed by atoms with van der Waals surface area (Å²) in [6, 6.07) is 0.343. The molecular formula is C32H57F3N6O2. The highest BCUT2D eigenvalue weighted by Gasteiger charge is 2.36. The van der Waals surface area contributed by atoms with Gasteiger partial charge in [-0.25, -0.2) is 14.8 Å². The molecule has 0 saturated carbocycles. The van der Waals surface area contributed by atoms with Crippen LogP contribution in [0.5, 0.6) is 0 Å². The number of carbonyl (C=O) groups excluding carboxylic acids is 1. The van der Waals surface area contributed by atoms with Crippen LogP contribution in [0.4, 0.5) is 18.0 Å². The molecule has 0 aromatic heterocycles. The second-order valence-electron chi connectivity index (χ2n) is 10.3. The number of halogens is 3. The van der Waals surface area contributed by atoms with E-state index < -0.39 is 11.7 Å². The van der Waals surface area contributed by atoms with Gasteiger partial charge in [-0.15, -0.1) is 0 Å². The van der Waals surface area contributed by atoms with E-state index in [1.165, 1.54) is 25.8 Å². The number of cyclic esters (lactones) is 1. The van der Waals surface area contributed by atoms with Crippen LogP contribution in [0.3, 0.4) is 0 Å². The van der Waals surface area contributed by atoms with Crippen molar-refractivity contribution in [2.45, 2.75) is 125 Å². The number of carbonyl (C=O) groups is 1. The topological polar surface area (TPSA) is 104 Å². The minimum absolute atomic E-state index is 0.0422. The van der Waals surface area contributed by atoms with E-state index in [0.717, 1.165) is 38.3 Å². The van der Waals surface area contributed by atoms with Crippen LogP contribution in [0.25, 0.3) is 0 Å². The van der Waals surface area contributed by atoms with E-state index in [-0.39, 0.29) is 30.0 Å². The molecule has 8 nitrogen and oxygen atoms in total. The molecule has 1 atom stereocenters. The number of allylic oxidation sites excluding steroid dienone is 2. The van der Waals surface area contributed by atoms with E-state index >= 15 is 0 Å². The molecule has 1 amide bonds. The van der Waals surface area contributed by atoms with Crippen molar-refractivity contribution in [3.63, 3.8) is 0 Å². The number of alkyl halides is 3. The molecule has 0 bridgehead atoms. The number of nitrogens with two attached hydrogens (primary N) is 1. The van der Waals surface area contributed by atoms with E-state index in [9.17, 15) is 18.0 Å². The Morgan fingerprint density at radius 3 is 2.42 bits per heavy atom. The minimum Gasteiger partial charge on any atom is -0.449 e. The fourth-order valence-corrected chi connectivity index (χ4v) is 4.22. The molecule has 4 N–H and O–H groups in total. The Kier molecular flexibility index (Phi) is 21.8. The normalized spacial score (nSPS) is 16.4. The summed E-state index contributed by atoms with van der Waals surface area (Å²) in [4.78, 5) is 21.6. The van der Waals surface area contributed by atoms with Crippen LogP contribution in [-0.4, -0.2) is 61.1 Å². The van der Waals surface area contributed by atoms with E-state index in [0.29, 0.717) is 50.6 Å². The van der Waals surface area contributed by atoms with Gasteiger partial charge in [-0.1, -0.05) is 72.8 Å². The summed E-state index contributed by atoms with van der Waals surface area (Å²) in [5, 5.41) is 6.32. The lowest BCUT2D eigenvalue weighted by Crippen LogP contribution is -2.39. The van der Waals surface area contributed by atoms with Crippen molar-refractivity contribution >= 4 is 17.8 Å². The molecule has 1 aliphatic heterocycles. The Bertz CT molecular complexity index is 942. The quantitative estimate of drug-likeness (QED) is 0.0628. The van der Waals surface area contributed by atoms with Gasteiger partial charge in [-0.3, -0.25) is 0 Å². The fourth-order valence-electron chi connectivity index (χ4n) is 4.22. The highest BCUT2D eigenvalue weighted by molar-refractivity contribution is 6.04. The summed E-state index contributed by atoms with van der Waals surface area (Å²) in [5.74, 6) is 0.309. The summed E-state index contributed by atoms with van der Waals surface area (Å²) in [6.07, 6.45) is 8.22. The van der Waals surface area contributed by atoms with Gasteiger partial charge < -0.3 is 26.0 Å². The number of hydrogen-bond acceptors (Lipinski definition) is 5. The summed E-state index contributed by atoms with van der Waals surface area (Å²) in [7, 11) is 0. The molecular weight excluding hydrogens is 557 g/mol. The lowest BCUT2D eigenvalue weighted by Gasteiger charge is -2.26. The van der Waals surface area contributed by atoms with Gasteiger partial charge in [0.25, 0.3) is 0 Å². The fraction of sp³-hybridized carbons (Fsp3) is 0.719. The maximum absolute atomic E-state index is 14.1. The zero-order valence-electron chi connectivity index (χ0n) is 27.6. The summed E-state index contributed by atoms with van der Waals surface area (Å²) >= 11 is 0. The van der Waals surface area contributed by atoms with Crippen LogP contribution in [0.15, 0.2) is 45.3 Å². The van der Waals surface area contributed by atoms with E-state index in [1.807, 2.05) is 33.9 Å². The van der Waals surface area contributed by atoms with Gasteiger partial charge in [0.1, 0.15) is 11.7 Å². The molecule has 0 spiro atoms.